The van der Waals surface area contributed by atoms with Crippen LogP contribution in [0, 0.1) is 0 Å². The first kappa shape index (κ1) is 13.5. The molecule has 1 N–H and O–H groups in total. The number of carbonyl (C=O) groups is 1. The van der Waals surface area contributed by atoms with E-state index in [0.717, 1.165) is 6.42 Å². The zero-order valence-corrected chi connectivity index (χ0v) is 12.0. The average molecular weight is 284 g/mol. The summed E-state index contributed by atoms with van der Waals surface area (Å²) < 4.78 is 11.0. The second kappa shape index (κ2) is 5.13. The highest BCUT2D eigenvalue weighted by atomic mass is 16.5. The van der Waals surface area contributed by atoms with E-state index in [2.05, 4.69) is 0 Å². The predicted octanol–water partition coefficient (Wildman–Crippen LogP) is 3.40. The van der Waals surface area contributed by atoms with Crippen LogP contribution in [0.4, 0.5) is 0 Å². The lowest BCUT2D eigenvalue weighted by atomic mass is 10.0. The molecule has 0 saturated carbocycles. The molecule has 0 saturated heterocycles. The maximum Gasteiger partial charge on any atom is 0.194 e. The van der Waals surface area contributed by atoms with Crippen LogP contribution in [-0.4, -0.2) is 24.6 Å². The molecule has 0 spiro atoms. The number of hydrogen-bond donors (Lipinski definition) is 1. The summed E-state index contributed by atoms with van der Waals surface area (Å²) in [5, 5.41) is 10.1. The fourth-order valence-electron chi connectivity index (χ4n) is 2.63. The maximum atomic E-state index is 12.5. The molecule has 3 rings (SSSR count). The second-order valence-corrected chi connectivity index (χ2v) is 4.93. The Morgan fingerprint density at radius 2 is 1.95 bits per heavy atom. The molecule has 0 aromatic heterocycles. The number of rotatable bonds is 4. The van der Waals surface area contributed by atoms with Crippen LogP contribution >= 0.6 is 0 Å². The highest BCUT2D eigenvalue weighted by Crippen LogP contribution is 2.48. The summed E-state index contributed by atoms with van der Waals surface area (Å²) in [5.74, 6) is 1.11. The van der Waals surface area contributed by atoms with Crippen molar-refractivity contribution in [1.29, 1.82) is 0 Å². The highest BCUT2D eigenvalue weighted by Gasteiger charge is 2.32. The van der Waals surface area contributed by atoms with Crippen molar-refractivity contribution in [3.05, 3.63) is 41.5 Å². The Labute approximate surface area is 122 Å². The zero-order chi connectivity index (χ0) is 15.0. The van der Waals surface area contributed by atoms with Crippen LogP contribution in [0.5, 0.6) is 17.2 Å². The van der Waals surface area contributed by atoms with Crippen LogP contribution in [0.25, 0.3) is 11.1 Å². The molecule has 21 heavy (non-hydrogen) atoms. The van der Waals surface area contributed by atoms with E-state index in [1.807, 2.05) is 6.92 Å². The third-order valence-corrected chi connectivity index (χ3v) is 3.55. The van der Waals surface area contributed by atoms with Crippen molar-refractivity contribution >= 4 is 5.78 Å². The SMILES string of the molecule is CCCOc1cc(OC)c2c(c1)C(=O)c1cccc(O)c1-2. The molecule has 0 unspecified atom stereocenters. The molecule has 108 valence electrons. The molecule has 0 radical (unpaired) electrons. The lowest BCUT2D eigenvalue weighted by Crippen LogP contribution is -2.00. The molecular weight excluding hydrogens is 268 g/mol. The van der Waals surface area contributed by atoms with E-state index in [1.54, 1.807) is 37.4 Å². The number of aromatic hydroxyl groups is 1. The number of ether oxygens (including phenoxy) is 2. The van der Waals surface area contributed by atoms with Gasteiger partial charge in [-0.2, -0.15) is 0 Å². The molecule has 4 heteroatoms. The van der Waals surface area contributed by atoms with Gasteiger partial charge in [-0.25, -0.2) is 0 Å². The third-order valence-electron chi connectivity index (χ3n) is 3.55. The van der Waals surface area contributed by atoms with Gasteiger partial charge in [0.1, 0.15) is 17.2 Å². The minimum absolute atomic E-state index is 0.0835. The monoisotopic (exact) mass is 284 g/mol. The van der Waals surface area contributed by atoms with Gasteiger partial charge in [-0.3, -0.25) is 4.79 Å². The van der Waals surface area contributed by atoms with Crippen LogP contribution in [0.2, 0.25) is 0 Å². The Bertz CT molecular complexity index is 719. The summed E-state index contributed by atoms with van der Waals surface area (Å²) in [6, 6.07) is 8.42. The predicted molar refractivity (Wildman–Crippen MR) is 79.3 cm³/mol. The lowest BCUT2D eigenvalue weighted by molar-refractivity contribution is 0.104. The van der Waals surface area contributed by atoms with Gasteiger partial charge in [-0.05, 0) is 18.6 Å². The number of methoxy groups -OCH3 is 1. The molecule has 0 heterocycles. The molecule has 1 aliphatic rings. The molecule has 4 nitrogen and oxygen atoms in total. The van der Waals surface area contributed by atoms with Crippen LogP contribution in [0.1, 0.15) is 29.3 Å². The van der Waals surface area contributed by atoms with E-state index in [0.29, 0.717) is 40.4 Å². The Hall–Kier alpha value is -2.49. The number of ketones is 1. The Kier molecular flexibility index (Phi) is 3.29. The van der Waals surface area contributed by atoms with E-state index >= 15 is 0 Å². The van der Waals surface area contributed by atoms with Gasteiger partial charge in [0.05, 0.1) is 13.7 Å². The Balaban J connectivity index is 2.21. The zero-order valence-electron chi connectivity index (χ0n) is 12.0. The van der Waals surface area contributed by atoms with E-state index < -0.39 is 0 Å². The summed E-state index contributed by atoms with van der Waals surface area (Å²) in [6.45, 7) is 2.60. The highest BCUT2D eigenvalue weighted by molar-refractivity contribution is 6.23. The van der Waals surface area contributed by atoms with Gasteiger partial charge in [0.15, 0.2) is 5.78 Å². The summed E-state index contributed by atoms with van der Waals surface area (Å²) in [6.07, 6.45) is 0.883. The number of phenols is 1. The molecular formula is C17H16O4. The first-order valence-electron chi connectivity index (χ1n) is 6.89. The second-order valence-electron chi connectivity index (χ2n) is 4.93. The standard InChI is InChI=1S/C17H16O4/c1-3-7-21-10-8-12-16(14(9-10)20-2)15-11(17(12)19)5-4-6-13(15)18/h4-6,8-9,18H,3,7H2,1-2H3. The van der Waals surface area contributed by atoms with Gasteiger partial charge in [0.25, 0.3) is 0 Å². The lowest BCUT2D eigenvalue weighted by Gasteiger charge is -2.12. The number of fused-ring (bicyclic) bond motifs is 3. The fourth-order valence-corrected chi connectivity index (χ4v) is 2.63. The summed E-state index contributed by atoms with van der Waals surface area (Å²) in [4.78, 5) is 12.5. The molecule has 2 aromatic carbocycles. The molecule has 0 aliphatic heterocycles. The van der Waals surface area contributed by atoms with E-state index in [-0.39, 0.29) is 11.5 Å². The molecule has 0 amide bonds. The Morgan fingerprint density at radius 1 is 1.14 bits per heavy atom. The van der Waals surface area contributed by atoms with Crippen molar-refractivity contribution in [2.75, 3.05) is 13.7 Å². The number of carbonyl (C=O) groups excluding carboxylic acids is 1. The summed E-state index contributed by atoms with van der Waals surface area (Å²) in [7, 11) is 1.54. The van der Waals surface area contributed by atoms with Gasteiger partial charge < -0.3 is 14.6 Å². The number of phenolic OH excluding ortho intramolecular Hbond substituents is 1. The van der Waals surface area contributed by atoms with E-state index in [1.165, 1.54) is 0 Å². The largest absolute Gasteiger partial charge is 0.507 e. The molecule has 0 bridgehead atoms. The van der Waals surface area contributed by atoms with Crippen molar-refractivity contribution in [1.82, 2.24) is 0 Å². The summed E-state index contributed by atoms with van der Waals surface area (Å²) in [5.41, 5.74) is 2.18. The first-order valence-corrected chi connectivity index (χ1v) is 6.89. The third kappa shape index (κ3) is 2.03. The molecule has 2 aromatic rings. The van der Waals surface area contributed by atoms with Gasteiger partial charge >= 0.3 is 0 Å². The van der Waals surface area contributed by atoms with Crippen LogP contribution in [-0.2, 0) is 0 Å². The first-order chi connectivity index (χ1) is 10.2. The molecule has 0 atom stereocenters. The quantitative estimate of drug-likeness (QED) is 0.797. The van der Waals surface area contributed by atoms with Crippen molar-refractivity contribution in [2.45, 2.75) is 13.3 Å². The topological polar surface area (TPSA) is 55.8 Å². The van der Waals surface area contributed by atoms with Crippen molar-refractivity contribution in [2.24, 2.45) is 0 Å². The molecule has 0 fully saturated rings. The fraction of sp³-hybridized carbons (Fsp3) is 0.235. The average Bonchev–Trinajstić information content (AvgIpc) is 2.79. The van der Waals surface area contributed by atoms with Crippen molar-refractivity contribution in [3.8, 4) is 28.4 Å². The van der Waals surface area contributed by atoms with Crippen molar-refractivity contribution < 1.29 is 19.4 Å². The van der Waals surface area contributed by atoms with Gasteiger partial charge in [0, 0.05) is 28.3 Å². The number of benzene rings is 2. The van der Waals surface area contributed by atoms with Gasteiger partial charge in [-0.15, -0.1) is 0 Å². The minimum atomic E-state index is -0.115. The van der Waals surface area contributed by atoms with Gasteiger partial charge in [-0.1, -0.05) is 19.1 Å². The number of hydrogen-bond acceptors (Lipinski definition) is 4. The van der Waals surface area contributed by atoms with Crippen molar-refractivity contribution in [3.63, 3.8) is 0 Å². The maximum absolute atomic E-state index is 12.5. The molecule has 1 aliphatic carbocycles. The van der Waals surface area contributed by atoms with E-state index in [4.69, 9.17) is 9.47 Å². The normalized spacial score (nSPS) is 12.0. The smallest absolute Gasteiger partial charge is 0.194 e. The van der Waals surface area contributed by atoms with Crippen LogP contribution in [0.3, 0.4) is 0 Å². The van der Waals surface area contributed by atoms with E-state index in [9.17, 15) is 9.90 Å². The van der Waals surface area contributed by atoms with Crippen LogP contribution in [0.15, 0.2) is 30.3 Å². The van der Waals surface area contributed by atoms with Crippen LogP contribution < -0.4 is 9.47 Å². The minimum Gasteiger partial charge on any atom is -0.507 e. The Morgan fingerprint density at radius 3 is 2.67 bits per heavy atom. The van der Waals surface area contributed by atoms with Gasteiger partial charge in [0.2, 0.25) is 0 Å². The summed E-state index contributed by atoms with van der Waals surface area (Å²) >= 11 is 0.